The molecule has 0 aromatic heterocycles. The molecule has 1 saturated carbocycles. The van der Waals surface area contributed by atoms with Gasteiger partial charge in [0, 0.05) is 28.7 Å². The van der Waals surface area contributed by atoms with Crippen molar-refractivity contribution >= 4 is 16.6 Å². The zero-order valence-corrected chi connectivity index (χ0v) is 10.5. The lowest BCUT2D eigenvalue weighted by Crippen LogP contribution is -2.10. The van der Waals surface area contributed by atoms with Gasteiger partial charge < -0.3 is 4.79 Å². The van der Waals surface area contributed by atoms with Crippen LogP contribution in [-0.2, 0) is 15.6 Å². The minimum absolute atomic E-state index is 0.247. The van der Waals surface area contributed by atoms with Crippen LogP contribution in [0.4, 0.5) is 0 Å². The highest BCUT2D eigenvalue weighted by Crippen LogP contribution is 2.25. The highest BCUT2D eigenvalue weighted by atomic mass is 32.2. The van der Waals surface area contributed by atoms with E-state index in [9.17, 15) is 9.00 Å². The molecule has 0 amide bonds. The Kier molecular flexibility index (Phi) is 6.15. The van der Waals surface area contributed by atoms with Crippen LogP contribution in [0.25, 0.3) is 0 Å². The fourth-order valence-electron chi connectivity index (χ4n) is 2.16. The average molecular weight is 230 g/mol. The molecule has 1 aliphatic rings. The third kappa shape index (κ3) is 6.08. The summed E-state index contributed by atoms with van der Waals surface area (Å²) in [5, 5.41) is 0. The Bertz CT molecular complexity index is 220. The second-order valence-electron chi connectivity index (χ2n) is 4.62. The van der Waals surface area contributed by atoms with Crippen LogP contribution < -0.4 is 0 Å². The molecule has 1 unspecified atom stereocenters. The first-order valence-corrected chi connectivity index (χ1v) is 7.51. The van der Waals surface area contributed by atoms with Crippen LogP contribution >= 0.6 is 0 Å². The van der Waals surface area contributed by atoms with Crippen molar-refractivity contribution in [3.63, 3.8) is 0 Å². The fourth-order valence-corrected chi connectivity index (χ4v) is 3.71. The number of carbonyl (C=O) groups excluding carboxylic acids is 1. The maximum Gasteiger partial charge on any atom is 0.129 e. The van der Waals surface area contributed by atoms with Gasteiger partial charge in [0.25, 0.3) is 0 Å². The molecule has 0 aromatic rings. The van der Waals surface area contributed by atoms with Crippen LogP contribution in [0.2, 0.25) is 0 Å². The van der Waals surface area contributed by atoms with E-state index in [4.69, 9.17) is 0 Å². The zero-order valence-electron chi connectivity index (χ0n) is 9.67. The lowest BCUT2D eigenvalue weighted by molar-refractivity contribution is -0.117. The van der Waals surface area contributed by atoms with Crippen molar-refractivity contribution < 1.29 is 9.00 Å². The molecular weight excluding hydrogens is 208 g/mol. The average Bonchev–Trinajstić information content (AvgIpc) is 2.64. The summed E-state index contributed by atoms with van der Waals surface area (Å²) < 4.78 is 11.7. The van der Waals surface area contributed by atoms with Crippen LogP contribution in [0.5, 0.6) is 0 Å². The topological polar surface area (TPSA) is 34.1 Å². The lowest BCUT2D eigenvalue weighted by atomic mass is 10.1. The molecule has 0 radical (unpaired) electrons. The normalized spacial score (nSPS) is 19.3. The highest BCUT2D eigenvalue weighted by molar-refractivity contribution is 7.84. The molecule has 1 rings (SSSR count). The maximum absolute atomic E-state index is 11.7. The van der Waals surface area contributed by atoms with Crippen molar-refractivity contribution in [3.05, 3.63) is 0 Å². The molecular formula is C12H22O2S. The Morgan fingerprint density at radius 1 is 1.27 bits per heavy atom. The van der Waals surface area contributed by atoms with E-state index < -0.39 is 10.8 Å². The number of hydrogen-bond acceptors (Lipinski definition) is 2. The molecule has 0 aliphatic heterocycles. The Hall–Kier alpha value is -0.180. The second kappa shape index (κ2) is 7.15. The number of rotatable bonds is 7. The Balaban J connectivity index is 2.00. The van der Waals surface area contributed by atoms with Gasteiger partial charge in [-0.3, -0.25) is 4.21 Å². The van der Waals surface area contributed by atoms with E-state index in [1.54, 1.807) is 6.92 Å². The van der Waals surface area contributed by atoms with E-state index in [0.29, 0.717) is 6.42 Å². The van der Waals surface area contributed by atoms with Crippen LogP contribution in [0.1, 0.15) is 51.9 Å². The van der Waals surface area contributed by atoms with Crippen molar-refractivity contribution in [2.75, 3.05) is 11.5 Å². The van der Waals surface area contributed by atoms with Crippen LogP contribution in [0, 0.1) is 5.92 Å². The number of carbonyl (C=O) groups is 1. The summed E-state index contributed by atoms with van der Waals surface area (Å²) in [4.78, 5) is 10.7. The minimum atomic E-state index is -0.636. The molecule has 3 heteroatoms. The van der Waals surface area contributed by atoms with E-state index in [-0.39, 0.29) is 5.78 Å². The zero-order chi connectivity index (χ0) is 11.1. The number of unbranched alkanes of at least 4 members (excludes halogenated alkanes) is 1. The van der Waals surface area contributed by atoms with Crippen molar-refractivity contribution in [2.45, 2.75) is 51.9 Å². The first-order chi connectivity index (χ1) is 7.18. The molecule has 0 saturated heterocycles. The lowest BCUT2D eigenvalue weighted by Gasteiger charge is -2.07. The molecule has 1 aliphatic carbocycles. The summed E-state index contributed by atoms with van der Waals surface area (Å²) in [5.74, 6) is 2.67. The van der Waals surface area contributed by atoms with Gasteiger partial charge in [0.05, 0.1) is 0 Å². The summed E-state index contributed by atoms with van der Waals surface area (Å²) >= 11 is 0. The Morgan fingerprint density at radius 3 is 2.53 bits per heavy atom. The summed E-state index contributed by atoms with van der Waals surface area (Å²) in [6.07, 6.45) is 7.71. The third-order valence-electron chi connectivity index (χ3n) is 3.05. The van der Waals surface area contributed by atoms with Gasteiger partial charge in [-0.25, -0.2) is 0 Å². The van der Waals surface area contributed by atoms with Crippen molar-refractivity contribution in [3.8, 4) is 0 Å². The quantitative estimate of drug-likeness (QED) is 0.630. The molecule has 0 bridgehead atoms. The van der Waals surface area contributed by atoms with E-state index in [1.165, 1.54) is 25.7 Å². The van der Waals surface area contributed by atoms with Gasteiger partial charge >= 0.3 is 0 Å². The summed E-state index contributed by atoms with van der Waals surface area (Å²) in [6, 6.07) is 0. The number of Topliss-reactive ketones (excluding diaryl/α,β-unsaturated/α-hetero) is 1. The molecule has 2 nitrogen and oxygen atoms in total. The third-order valence-corrected chi connectivity index (χ3v) is 4.63. The van der Waals surface area contributed by atoms with E-state index in [1.807, 2.05) is 0 Å². The summed E-state index contributed by atoms with van der Waals surface area (Å²) in [5.41, 5.74) is 0. The standard InChI is InChI=1S/C12H22O2S/c1-11(13)6-4-5-9-15(14)10-12-7-2-3-8-12/h12H,2-10H2,1H3. The fraction of sp³-hybridized carbons (Fsp3) is 0.917. The second-order valence-corrected chi connectivity index (χ2v) is 6.24. The number of ketones is 1. The van der Waals surface area contributed by atoms with Crippen molar-refractivity contribution in [1.29, 1.82) is 0 Å². The Morgan fingerprint density at radius 2 is 1.93 bits per heavy atom. The smallest absolute Gasteiger partial charge is 0.129 e. The predicted molar refractivity (Wildman–Crippen MR) is 64.4 cm³/mol. The largest absolute Gasteiger partial charge is 0.300 e. The van der Waals surface area contributed by atoms with Crippen LogP contribution in [0.15, 0.2) is 0 Å². The highest BCUT2D eigenvalue weighted by Gasteiger charge is 2.17. The first-order valence-electron chi connectivity index (χ1n) is 6.03. The molecule has 1 atom stereocenters. The molecule has 88 valence electrons. The van der Waals surface area contributed by atoms with Gasteiger partial charge in [0.2, 0.25) is 0 Å². The monoisotopic (exact) mass is 230 g/mol. The molecule has 0 heterocycles. The minimum Gasteiger partial charge on any atom is -0.300 e. The van der Waals surface area contributed by atoms with Gasteiger partial charge in [-0.15, -0.1) is 0 Å². The van der Waals surface area contributed by atoms with Crippen molar-refractivity contribution in [1.82, 2.24) is 0 Å². The van der Waals surface area contributed by atoms with Gasteiger partial charge in [0.1, 0.15) is 5.78 Å². The van der Waals surface area contributed by atoms with E-state index in [2.05, 4.69) is 0 Å². The van der Waals surface area contributed by atoms with Gasteiger partial charge in [-0.05, 0) is 38.5 Å². The summed E-state index contributed by atoms with van der Waals surface area (Å²) in [7, 11) is -0.636. The van der Waals surface area contributed by atoms with Gasteiger partial charge in [0.15, 0.2) is 0 Å². The van der Waals surface area contributed by atoms with E-state index in [0.717, 1.165) is 30.3 Å². The maximum atomic E-state index is 11.7. The SMILES string of the molecule is CC(=O)CCCCS(=O)CC1CCCC1. The van der Waals surface area contributed by atoms with Crippen LogP contribution in [0.3, 0.4) is 0 Å². The van der Waals surface area contributed by atoms with Gasteiger partial charge in [-0.2, -0.15) is 0 Å². The summed E-state index contributed by atoms with van der Waals surface area (Å²) in [6.45, 7) is 1.62. The molecule has 0 spiro atoms. The van der Waals surface area contributed by atoms with Crippen LogP contribution in [-0.4, -0.2) is 21.5 Å². The predicted octanol–water partition coefficient (Wildman–Crippen LogP) is 2.68. The number of hydrogen-bond donors (Lipinski definition) is 0. The molecule has 15 heavy (non-hydrogen) atoms. The van der Waals surface area contributed by atoms with E-state index >= 15 is 0 Å². The molecule has 1 fully saturated rings. The Labute approximate surface area is 95.3 Å². The first kappa shape index (κ1) is 12.9. The van der Waals surface area contributed by atoms with Gasteiger partial charge in [-0.1, -0.05) is 12.8 Å². The molecule has 0 N–H and O–H groups in total. The van der Waals surface area contributed by atoms with Crippen molar-refractivity contribution in [2.24, 2.45) is 5.92 Å². The molecule has 0 aromatic carbocycles.